The van der Waals surface area contributed by atoms with Gasteiger partial charge in [-0.15, -0.1) is 0 Å². The van der Waals surface area contributed by atoms with Crippen molar-refractivity contribution in [3.63, 3.8) is 0 Å². The summed E-state index contributed by atoms with van der Waals surface area (Å²) in [7, 11) is -1.47. The molecule has 4 fully saturated rings. The van der Waals surface area contributed by atoms with Crippen LogP contribution < -0.4 is 4.72 Å². The minimum Gasteiger partial charge on any atom is -0.199 e. The van der Waals surface area contributed by atoms with Crippen molar-refractivity contribution in [1.29, 1.82) is 0 Å². The van der Waals surface area contributed by atoms with Gasteiger partial charge in [0.2, 0.25) is 0 Å². The van der Waals surface area contributed by atoms with Crippen molar-refractivity contribution in [3.05, 3.63) is 0 Å². The van der Waals surface area contributed by atoms with Gasteiger partial charge in [0, 0.05) is 19.1 Å². The molecule has 4 rings (SSSR count). The quantitative estimate of drug-likeness (QED) is 0.862. The maximum Gasteiger partial charge on any atom is 0.279 e. The minimum absolute atomic E-state index is 0.203. The normalized spacial score (nSPS) is 45.4. The van der Waals surface area contributed by atoms with Crippen LogP contribution in [0.3, 0.4) is 0 Å². The summed E-state index contributed by atoms with van der Waals surface area (Å²) in [5, 5.41) is 0. The molecule has 1 unspecified atom stereocenters. The van der Waals surface area contributed by atoms with Crippen molar-refractivity contribution >= 4 is 10.2 Å². The highest BCUT2D eigenvalue weighted by Crippen LogP contribution is 2.48. The van der Waals surface area contributed by atoms with Gasteiger partial charge in [-0.25, -0.2) is 0 Å². The van der Waals surface area contributed by atoms with Gasteiger partial charge in [0.1, 0.15) is 0 Å². The molecule has 0 spiro atoms. The van der Waals surface area contributed by atoms with Gasteiger partial charge < -0.3 is 0 Å². The lowest BCUT2D eigenvalue weighted by molar-refractivity contribution is 0.0397. The molecule has 4 nitrogen and oxygen atoms in total. The highest BCUT2D eigenvalue weighted by Gasteiger charge is 2.51. The van der Waals surface area contributed by atoms with Crippen molar-refractivity contribution < 1.29 is 8.42 Å². The minimum atomic E-state index is -3.23. The molecule has 4 aliphatic rings. The van der Waals surface area contributed by atoms with E-state index in [-0.39, 0.29) is 12.1 Å². The third-order valence-corrected chi connectivity index (χ3v) is 6.96. The second-order valence-electron chi connectivity index (χ2n) is 7.29. The van der Waals surface area contributed by atoms with Crippen molar-refractivity contribution in [1.82, 2.24) is 9.03 Å². The third-order valence-electron chi connectivity index (χ3n) is 5.33. The first kappa shape index (κ1) is 13.8. The standard InChI is InChI=1S/C14H26N2O2S/c1-9(2)4-10-5-11(6-10)14-12-7-13(8-12)15-19(17,18)16(14)3/h9-15H,4-8H2,1-3H3. The van der Waals surface area contributed by atoms with Crippen LogP contribution in [0.15, 0.2) is 0 Å². The maximum atomic E-state index is 12.2. The van der Waals surface area contributed by atoms with Gasteiger partial charge in [0.05, 0.1) is 0 Å². The topological polar surface area (TPSA) is 49.4 Å². The maximum absolute atomic E-state index is 12.2. The Balaban J connectivity index is 1.67. The lowest BCUT2D eigenvalue weighted by atomic mass is 9.62. The smallest absolute Gasteiger partial charge is 0.199 e. The average molecular weight is 286 g/mol. The zero-order valence-corrected chi connectivity index (χ0v) is 13.0. The highest BCUT2D eigenvalue weighted by atomic mass is 32.2. The predicted molar refractivity (Wildman–Crippen MR) is 75.8 cm³/mol. The van der Waals surface area contributed by atoms with Gasteiger partial charge in [-0.2, -0.15) is 17.4 Å². The van der Waals surface area contributed by atoms with E-state index in [2.05, 4.69) is 18.6 Å². The fourth-order valence-electron chi connectivity index (χ4n) is 4.39. The van der Waals surface area contributed by atoms with E-state index in [4.69, 9.17) is 0 Å². The van der Waals surface area contributed by atoms with E-state index in [1.54, 1.807) is 11.4 Å². The first-order valence-corrected chi connectivity index (χ1v) is 9.06. The highest BCUT2D eigenvalue weighted by molar-refractivity contribution is 7.87. The zero-order valence-electron chi connectivity index (χ0n) is 12.2. The molecule has 0 aromatic carbocycles. The summed E-state index contributed by atoms with van der Waals surface area (Å²) in [6.45, 7) is 4.55. The number of fused-ring (bicyclic) bond motifs is 3. The first-order valence-electron chi connectivity index (χ1n) is 7.62. The molecule has 2 bridgehead atoms. The third kappa shape index (κ3) is 2.45. The molecule has 0 aromatic rings. The summed E-state index contributed by atoms with van der Waals surface area (Å²) in [4.78, 5) is 0. The Kier molecular flexibility index (Phi) is 3.43. The molecule has 0 radical (unpaired) electrons. The number of hydrogen-bond donors (Lipinski definition) is 1. The molecule has 2 saturated carbocycles. The number of nitrogens with zero attached hydrogens (tertiary/aromatic N) is 1. The van der Waals surface area contributed by atoms with Gasteiger partial charge in [-0.1, -0.05) is 13.8 Å². The first-order chi connectivity index (χ1) is 8.87. The van der Waals surface area contributed by atoms with Crippen LogP contribution in [0.4, 0.5) is 0 Å². The predicted octanol–water partition coefficient (Wildman–Crippen LogP) is 1.99. The second kappa shape index (κ2) is 4.71. The van der Waals surface area contributed by atoms with E-state index >= 15 is 0 Å². The van der Waals surface area contributed by atoms with Gasteiger partial charge in [-0.3, -0.25) is 0 Å². The zero-order chi connectivity index (χ0) is 13.8. The van der Waals surface area contributed by atoms with E-state index in [1.165, 1.54) is 19.3 Å². The van der Waals surface area contributed by atoms with Crippen molar-refractivity contribution in [2.45, 2.75) is 58.0 Å². The summed E-state index contributed by atoms with van der Waals surface area (Å²) in [6, 6.07) is 0.452. The average Bonchev–Trinajstić information content (AvgIpc) is 2.34. The summed E-state index contributed by atoms with van der Waals surface area (Å²) in [6.07, 6.45) is 5.83. The number of hydrogen-bond acceptors (Lipinski definition) is 2. The van der Waals surface area contributed by atoms with Crippen molar-refractivity contribution in [2.75, 3.05) is 7.05 Å². The SMILES string of the molecule is CC(C)CC1CC(C2C3CC(C3)NS(=O)(=O)N2C)C1. The Bertz CT molecular complexity index is 436. The lowest BCUT2D eigenvalue weighted by Crippen LogP contribution is -2.50. The fraction of sp³-hybridized carbons (Fsp3) is 1.00. The molecule has 0 amide bonds. The van der Waals surface area contributed by atoms with Crippen LogP contribution in [0.25, 0.3) is 0 Å². The molecule has 1 N–H and O–H groups in total. The Labute approximate surface area is 117 Å². The van der Waals surface area contributed by atoms with Crippen LogP contribution >= 0.6 is 0 Å². The summed E-state index contributed by atoms with van der Waals surface area (Å²) in [5.74, 6) is 2.77. The van der Waals surface area contributed by atoms with Crippen molar-refractivity contribution in [3.8, 4) is 0 Å². The molecule has 19 heavy (non-hydrogen) atoms. The van der Waals surface area contributed by atoms with Crippen LogP contribution in [0.2, 0.25) is 0 Å². The van der Waals surface area contributed by atoms with Gasteiger partial charge >= 0.3 is 0 Å². The Morgan fingerprint density at radius 3 is 2.32 bits per heavy atom. The van der Waals surface area contributed by atoms with Gasteiger partial charge in [-0.05, 0) is 55.8 Å². The molecular formula is C14H26N2O2S. The number of nitrogens with one attached hydrogen (secondary N) is 1. The van der Waals surface area contributed by atoms with Crippen LogP contribution in [-0.2, 0) is 10.2 Å². The van der Waals surface area contributed by atoms with Gasteiger partial charge in [0.15, 0.2) is 0 Å². The molecule has 1 atom stereocenters. The van der Waals surface area contributed by atoms with E-state index in [0.717, 1.165) is 24.7 Å². The molecule has 2 heterocycles. The van der Waals surface area contributed by atoms with Crippen molar-refractivity contribution in [2.24, 2.45) is 23.7 Å². The van der Waals surface area contributed by atoms with Gasteiger partial charge in [0.25, 0.3) is 10.2 Å². The Morgan fingerprint density at radius 1 is 1.16 bits per heavy atom. The fourth-order valence-corrected chi connectivity index (χ4v) is 5.84. The van der Waals surface area contributed by atoms with Crippen LogP contribution in [0.5, 0.6) is 0 Å². The molecular weight excluding hydrogens is 260 g/mol. The summed E-state index contributed by atoms with van der Waals surface area (Å²) >= 11 is 0. The Hall–Kier alpha value is -0.130. The largest absolute Gasteiger partial charge is 0.279 e. The van der Waals surface area contributed by atoms with Crippen LogP contribution in [-0.4, -0.2) is 31.9 Å². The summed E-state index contributed by atoms with van der Waals surface area (Å²) in [5.41, 5.74) is 0. The second-order valence-corrected chi connectivity index (χ2v) is 9.05. The molecule has 5 heteroatoms. The molecule has 2 saturated heterocycles. The monoisotopic (exact) mass is 286 g/mol. The Morgan fingerprint density at radius 2 is 1.74 bits per heavy atom. The lowest BCUT2D eigenvalue weighted by Gasteiger charge is -2.48. The molecule has 110 valence electrons. The summed E-state index contributed by atoms with van der Waals surface area (Å²) < 4.78 is 28.8. The van der Waals surface area contributed by atoms with Crippen LogP contribution in [0, 0.1) is 23.7 Å². The molecule has 2 aliphatic heterocycles. The number of rotatable bonds is 3. The van der Waals surface area contributed by atoms with E-state index < -0.39 is 10.2 Å². The molecule has 2 aliphatic carbocycles. The van der Waals surface area contributed by atoms with E-state index in [1.807, 2.05) is 0 Å². The van der Waals surface area contributed by atoms with Crippen LogP contribution in [0.1, 0.15) is 46.0 Å². The molecule has 0 aromatic heterocycles. The van der Waals surface area contributed by atoms with E-state index in [9.17, 15) is 8.42 Å². The van der Waals surface area contributed by atoms with E-state index in [0.29, 0.717) is 11.8 Å².